The first-order chi connectivity index (χ1) is 10.4. The maximum absolute atomic E-state index is 12.6. The van der Waals surface area contributed by atoms with Crippen LogP contribution in [0.4, 0.5) is 0 Å². The van der Waals surface area contributed by atoms with E-state index in [1.54, 1.807) is 5.51 Å². The summed E-state index contributed by atoms with van der Waals surface area (Å²) < 4.78 is 0. The summed E-state index contributed by atoms with van der Waals surface area (Å²) in [6.07, 6.45) is 0.00278. The highest BCUT2D eigenvalue weighted by Crippen LogP contribution is 2.33. The van der Waals surface area contributed by atoms with Crippen LogP contribution < -0.4 is 5.32 Å². The topological polar surface area (TPSA) is 62.2 Å². The summed E-state index contributed by atoms with van der Waals surface area (Å²) in [5.74, 6) is -0.159. The fraction of sp³-hybridized carbons (Fsp3) is 0.412. The Balaban J connectivity index is 1.86. The molecule has 116 valence electrons. The van der Waals surface area contributed by atoms with E-state index in [9.17, 15) is 9.90 Å². The highest BCUT2D eigenvalue weighted by atomic mass is 32.1. The van der Waals surface area contributed by atoms with Gasteiger partial charge in [-0.05, 0) is 11.1 Å². The number of amides is 1. The number of benzene rings is 1. The standard InChI is InChI=1S/C17H20N2O2S/c1-17(2,3)15-14(22-9-18-15)16(21)19-13-11-7-5-4-6-10(11)8-12(13)20/h4-7,9,12-13,20H,8H2,1-3H3,(H,19,21)/t12-,13-/m0/s1. The number of aliphatic hydroxyl groups is 1. The van der Waals surface area contributed by atoms with Gasteiger partial charge in [-0.1, -0.05) is 45.0 Å². The summed E-state index contributed by atoms with van der Waals surface area (Å²) in [6, 6.07) is 7.50. The maximum atomic E-state index is 12.6. The van der Waals surface area contributed by atoms with Gasteiger partial charge in [0.15, 0.2) is 0 Å². The van der Waals surface area contributed by atoms with E-state index in [-0.39, 0.29) is 17.4 Å². The van der Waals surface area contributed by atoms with E-state index in [0.29, 0.717) is 11.3 Å². The summed E-state index contributed by atoms with van der Waals surface area (Å²) in [7, 11) is 0. The number of nitrogens with one attached hydrogen (secondary N) is 1. The van der Waals surface area contributed by atoms with Crippen molar-refractivity contribution in [3.63, 3.8) is 0 Å². The van der Waals surface area contributed by atoms with Crippen LogP contribution in [0, 0.1) is 0 Å². The zero-order valence-corrected chi connectivity index (χ0v) is 13.8. The van der Waals surface area contributed by atoms with Crippen molar-refractivity contribution < 1.29 is 9.90 Å². The lowest BCUT2D eigenvalue weighted by molar-refractivity contribution is 0.0860. The highest BCUT2D eigenvalue weighted by molar-refractivity contribution is 7.11. The molecule has 0 unspecified atom stereocenters. The minimum absolute atomic E-state index is 0.159. The summed E-state index contributed by atoms with van der Waals surface area (Å²) in [4.78, 5) is 17.6. The number of hydrogen-bond acceptors (Lipinski definition) is 4. The predicted molar refractivity (Wildman–Crippen MR) is 87.2 cm³/mol. The van der Waals surface area contributed by atoms with Gasteiger partial charge in [-0.15, -0.1) is 11.3 Å². The number of nitrogens with zero attached hydrogens (tertiary/aromatic N) is 1. The smallest absolute Gasteiger partial charge is 0.263 e. The number of aromatic nitrogens is 1. The van der Waals surface area contributed by atoms with Gasteiger partial charge in [-0.25, -0.2) is 4.98 Å². The van der Waals surface area contributed by atoms with Gasteiger partial charge < -0.3 is 10.4 Å². The SMILES string of the molecule is CC(C)(C)c1ncsc1C(=O)N[C@H]1c2ccccc2C[C@@H]1O. The molecule has 0 spiro atoms. The van der Waals surface area contributed by atoms with Crippen LogP contribution >= 0.6 is 11.3 Å². The molecule has 0 bridgehead atoms. The van der Waals surface area contributed by atoms with Crippen molar-refractivity contribution in [3.05, 3.63) is 51.5 Å². The predicted octanol–water partition coefficient (Wildman–Crippen LogP) is 2.83. The summed E-state index contributed by atoms with van der Waals surface area (Å²) in [5, 5.41) is 13.2. The number of fused-ring (bicyclic) bond motifs is 1. The van der Waals surface area contributed by atoms with Gasteiger partial charge in [0.2, 0.25) is 0 Å². The quantitative estimate of drug-likeness (QED) is 0.895. The minimum atomic E-state index is -0.577. The van der Waals surface area contributed by atoms with Gasteiger partial charge in [0, 0.05) is 11.8 Å². The van der Waals surface area contributed by atoms with Gasteiger partial charge in [0.05, 0.1) is 23.4 Å². The van der Waals surface area contributed by atoms with Crippen LogP contribution in [0.3, 0.4) is 0 Å². The molecule has 0 saturated heterocycles. The second kappa shape index (κ2) is 5.48. The Bertz CT molecular complexity index is 703. The number of aliphatic hydroxyl groups excluding tert-OH is 1. The Hall–Kier alpha value is -1.72. The van der Waals surface area contributed by atoms with Crippen molar-refractivity contribution in [2.45, 2.75) is 44.8 Å². The summed E-state index contributed by atoms with van der Waals surface area (Å²) >= 11 is 1.35. The first kappa shape index (κ1) is 15.2. The molecule has 1 amide bonds. The second-order valence-corrected chi connectivity index (χ2v) is 7.56. The molecular weight excluding hydrogens is 296 g/mol. The van der Waals surface area contributed by atoms with Gasteiger partial charge >= 0.3 is 0 Å². The first-order valence-electron chi connectivity index (χ1n) is 7.38. The van der Waals surface area contributed by atoms with Crippen LogP contribution in [-0.2, 0) is 11.8 Å². The zero-order chi connectivity index (χ0) is 15.9. The minimum Gasteiger partial charge on any atom is -0.390 e. The molecule has 1 aromatic heterocycles. The Labute approximate surface area is 134 Å². The average molecular weight is 316 g/mol. The molecule has 1 aliphatic carbocycles. The van der Waals surface area contributed by atoms with Crippen molar-refractivity contribution >= 4 is 17.2 Å². The second-order valence-electron chi connectivity index (χ2n) is 6.70. The van der Waals surface area contributed by atoms with Gasteiger partial charge in [-0.2, -0.15) is 0 Å². The molecule has 2 atom stereocenters. The lowest BCUT2D eigenvalue weighted by Gasteiger charge is -2.20. The molecule has 4 nitrogen and oxygen atoms in total. The molecule has 5 heteroatoms. The molecule has 3 rings (SSSR count). The van der Waals surface area contributed by atoms with Crippen molar-refractivity contribution in [3.8, 4) is 0 Å². The van der Waals surface area contributed by atoms with E-state index < -0.39 is 6.10 Å². The number of hydrogen-bond donors (Lipinski definition) is 2. The zero-order valence-electron chi connectivity index (χ0n) is 13.0. The largest absolute Gasteiger partial charge is 0.390 e. The van der Waals surface area contributed by atoms with Crippen molar-refractivity contribution in [1.29, 1.82) is 0 Å². The summed E-state index contributed by atoms with van der Waals surface area (Å²) in [6.45, 7) is 6.12. The van der Waals surface area contributed by atoms with E-state index >= 15 is 0 Å². The van der Waals surface area contributed by atoms with Crippen molar-refractivity contribution in [2.75, 3.05) is 0 Å². The van der Waals surface area contributed by atoms with Crippen molar-refractivity contribution in [2.24, 2.45) is 0 Å². The molecule has 1 heterocycles. The van der Waals surface area contributed by atoms with Gasteiger partial charge in [-0.3, -0.25) is 4.79 Å². The average Bonchev–Trinajstić information content (AvgIpc) is 3.04. The normalized spacial score (nSPS) is 20.7. The fourth-order valence-corrected chi connectivity index (χ4v) is 3.80. The first-order valence-corrected chi connectivity index (χ1v) is 8.26. The van der Waals surface area contributed by atoms with Crippen LogP contribution in [0.2, 0.25) is 0 Å². The molecule has 0 aliphatic heterocycles. The molecule has 2 aromatic rings. The van der Waals surface area contributed by atoms with E-state index in [1.807, 2.05) is 45.0 Å². The number of carbonyl (C=O) groups excluding carboxylic acids is 1. The van der Waals surface area contributed by atoms with Gasteiger partial charge in [0.25, 0.3) is 5.91 Å². The number of carbonyl (C=O) groups is 1. The monoisotopic (exact) mass is 316 g/mol. The number of rotatable bonds is 2. The molecule has 1 aliphatic rings. The van der Waals surface area contributed by atoms with Crippen LogP contribution in [-0.4, -0.2) is 22.1 Å². The number of thiazole rings is 1. The van der Waals surface area contributed by atoms with Crippen LogP contribution in [0.5, 0.6) is 0 Å². The molecule has 2 N–H and O–H groups in total. The molecule has 0 fully saturated rings. The molecular formula is C17H20N2O2S. The Morgan fingerprint density at radius 1 is 1.36 bits per heavy atom. The van der Waals surface area contributed by atoms with Crippen LogP contribution in [0.15, 0.2) is 29.8 Å². The Morgan fingerprint density at radius 2 is 2.09 bits per heavy atom. The molecule has 0 saturated carbocycles. The fourth-order valence-electron chi connectivity index (χ4n) is 2.90. The lowest BCUT2D eigenvalue weighted by atomic mass is 9.91. The lowest BCUT2D eigenvalue weighted by Crippen LogP contribution is -2.34. The van der Waals surface area contributed by atoms with Crippen LogP contribution in [0.25, 0.3) is 0 Å². The maximum Gasteiger partial charge on any atom is 0.263 e. The molecule has 1 aromatic carbocycles. The van der Waals surface area contributed by atoms with E-state index in [1.165, 1.54) is 11.3 Å². The van der Waals surface area contributed by atoms with E-state index in [2.05, 4.69) is 10.3 Å². The highest BCUT2D eigenvalue weighted by Gasteiger charge is 2.33. The van der Waals surface area contributed by atoms with Crippen molar-refractivity contribution in [1.82, 2.24) is 10.3 Å². The third-order valence-corrected chi connectivity index (χ3v) is 4.80. The Kier molecular flexibility index (Phi) is 3.78. The molecule has 0 radical (unpaired) electrons. The third-order valence-electron chi connectivity index (χ3n) is 3.97. The van der Waals surface area contributed by atoms with Gasteiger partial charge in [0.1, 0.15) is 4.88 Å². The Morgan fingerprint density at radius 3 is 2.82 bits per heavy atom. The third kappa shape index (κ3) is 2.66. The summed E-state index contributed by atoms with van der Waals surface area (Å²) in [5.41, 5.74) is 4.43. The van der Waals surface area contributed by atoms with Crippen LogP contribution in [0.1, 0.15) is 53.3 Å². The van der Waals surface area contributed by atoms with E-state index in [4.69, 9.17) is 0 Å². The van der Waals surface area contributed by atoms with E-state index in [0.717, 1.165) is 16.8 Å². The molecule has 22 heavy (non-hydrogen) atoms.